The number of nitrogens with zero attached hydrogens (tertiary/aromatic N) is 2. The molecule has 3 N–H and O–H groups in total. The molecule has 7 nitrogen and oxygen atoms in total. The lowest BCUT2D eigenvalue weighted by molar-refractivity contribution is 0.243. The topological polar surface area (TPSA) is 78.5 Å². The summed E-state index contributed by atoms with van der Waals surface area (Å²) in [5.74, 6) is 2.40. The molecular formula is C30H33N5O2. The number of para-hydroxylation sites is 2. The number of hydrogen-bond donors (Lipinski definition) is 3. The molecular weight excluding hydrogens is 462 g/mol. The van der Waals surface area contributed by atoms with Crippen molar-refractivity contribution in [3.8, 4) is 11.5 Å². The first-order valence-electron chi connectivity index (χ1n) is 12.8. The first-order valence-corrected chi connectivity index (χ1v) is 12.8. The van der Waals surface area contributed by atoms with Crippen molar-refractivity contribution < 1.29 is 9.53 Å². The van der Waals surface area contributed by atoms with Gasteiger partial charge in [-0.15, -0.1) is 0 Å². The highest BCUT2D eigenvalue weighted by molar-refractivity contribution is 5.93. The van der Waals surface area contributed by atoms with Gasteiger partial charge in [-0.25, -0.2) is 9.78 Å². The number of anilines is 3. The van der Waals surface area contributed by atoms with Crippen molar-refractivity contribution in [2.75, 3.05) is 29.6 Å². The summed E-state index contributed by atoms with van der Waals surface area (Å²) in [7, 11) is 4.11. The zero-order valence-corrected chi connectivity index (χ0v) is 21.3. The van der Waals surface area contributed by atoms with Gasteiger partial charge in [0, 0.05) is 49.0 Å². The molecule has 1 aromatic heterocycles. The van der Waals surface area contributed by atoms with Crippen LogP contribution in [-0.2, 0) is 0 Å². The fourth-order valence-corrected chi connectivity index (χ4v) is 4.78. The molecule has 1 heterocycles. The number of amides is 2. The Morgan fingerprint density at radius 3 is 2.22 bits per heavy atom. The number of benzene rings is 3. The molecule has 0 saturated heterocycles. The molecule has 2 amide bonds. The first kappa shape index (κ1) is 24.4. The Labute approximate surface area is 217 Å². The number of nitrogens with one attached hydrogen (secondary N) is 3. The summed E-state index contributed by atoms with van der Waals surface area (Å²) in [5.41, 5.74) is 2.87. The third-order valence-corrected chi connectivity index (χ3v) is 6.68. The summed E-state index contributed by atoms with van der Waals surface area (Å²) >= 11 is 0. The van der Waals surface area contributed by atoms with Gasteiger partial charge in [0.1, 0.15) is 17.3 Å². The summed E-state index contributed by atoms with van der Waals surface area (Å²) in [6.07, 6.45) is 3.79. The molecule has 1 aliphatic rings. The second kappa shape index (κ2) is 11.2. The van der Waals surface area contributed by atoms with E-state index in [1.165, 1.54) is 0 Å². The van der Waals surface area contributed by atoms with Crippen LogP contribution in [0.3, 0.4) is 0 Å². The summed E-state index contributed by atoms with van der Waals surface area (Å²) in [4.78, 5) is 19.5. The van der Waals surface area contributed by atoms with E-state index in [4.69, 9.17) is 9.72 Å². The molecule has 37 heavy (non-hydrogen) atoms. The molecule has 0 unspecified atom stereocenters. The van der Waals surface area contributed by atoms with E-state index >= 15 is 0 Å². The quantitative estimate of drug-likeness (QED) is 0.268. The molecule has 4 aromatic rings. The van der Waals surface area contributed by atoms with Gasteiger partial charge in [-0.1, -0.05) is 36.4 Å². The van der Waals surface area contributed by atoms with Crippen LogP contribution in [-0.4, -0.2) is 37.2 Å². The number of pyridine rings is 1. The number of ether oxygens (including phenoxy) is 1. The molecule has 7 heteroatoms. The Hall–Kier alpha value is -4.26. The zero-order valence-electron chi connectivity index (χ0n) is 21.3. The number of carbonyl (C=O) groups is 1. The van der Waals surface area contributed by atoms with Crippen LogP contribution in [0.5, 0.6) is 11.5 Å². The predicted molar refractivity (Wildman–Crippen MR) is 151 cm³/mol. The van der Waals surface area contributed by atoms with Crippen molar-refractivity contribution in [3.05, 3.63) is 84.9 Å². The average Bonchev–Trinajstić information content (AvgIpc) is 2.91. The molecule has 5 rings (SSSR count). The lowest BCUT2D eigenvalue weighted by Crippen LogP contribution is -2.42. The van der Waals surface area contributed by atoms with Gasteiger partial charge in [-0.3, -0.25) is 0 Å². The molecule has 190 valence electrons. The first-order chi connectivity index (χ1) is 18.0. The van der Waals surface area contributed by atoms with Gasteiger partial charge in [0.2, 0.25) is 0 Å². The fourth-order valence-electron chi connectivity index (χ4n) is 4.78. The van der Waals surface area contributed by atoms with E-state index in [2.05, 4.69) is 53.1 Å². The number of aromatic nitrogens is 1. The minimum Gasteiger partial charge on any atom is -0.457 e. The van der Waals surface area contributed by atoms with Gasteiger partial charge >= 0.3 is 6.03 Å². The Bertz CT molecular complexity index is 1330. The van der Waals surface area contributed by atoms with Crippen molar-refractivity contribution in [3.63, 3.8) is 0 Å². The third kappa shape index (κ3) is 6.30. The summed E-state index contributed by atoms with van der Waals surface area (Å²) in [6, 6.07) is 27.7. The van der Waals surface area contributed by atoms with Crippen LogP contribution < -0.4 is 25.6 Å². The zero-order chi connectivity index (χ0) is 25.6. The minimum absolute atomic E-state index is 0.153. The molecule has 0 radical (unpaired) electrons. The van der Waals surface area contributed by atoms with Gasteiger partial charge < -0.3 is 25.6 Å². The number of carbonyl (C=O) groups excluding carboxylic acids is 1. The van der Waals surface area contributed by atoms with Crippen molar-refractivity contribution in [2.45, 2.75) is 37.8 Å². The van der Waals surface area contributed by atoms with E-state index in [-0.39, 0.29) is 12.1 Å². The van der Waals surface area contributed by atoms with E-state index < -0.39 is 0 Å². The summed E-state index contributed by atoms with van der Waals surface area (Å²) in [5, 5.41) is 10.8. The van der Waals surface area contributed by atoms with E-state index in [9.17, 15) is 4.79 Å². The lowest BCUT2D eigenvalue weighted by Gasteiger charge is -2.30. The summed E-state index contributed by atoms with van der Waals surface area (Å²) < 4.78 is 5.81. The fraction of sp³-hybridized carbons (Fsp3) is 0.267. The van der Waals surface area contributed by atoms with Crippen molar-refractivity contribution in [2.24, 2.45) is 0 Å². The maximum Gasteiger partial charge on any atom is 0.319 e. The Morgan fingerprint density at radius 1 is 0.838 bits per heavy atom. The lowest BCUT2D eigenvalue weighted by atomic mass is 9.91. The second-order valence-corrected chi connectivity index (χ2v) is 9.67. The molecule has 0 atom stereocenters. The molecule has 1 saturated carbocycles. The van der Waals surface area contributed by atoms with Crippen LogP contribution in [0.15, 0.2) is 84.9 Å². The van der Waals surface area contributed by atoms with Crippen LogP contribution in [0, 0.1) is 0 Å². The van der Waals surface area contributed by atoms with E-state index in [0.29, 0.717) is 6.04 Å². The average molecular weight is 496 g/mol. The van der Waals surface area contributed by atoms with Gasteiger partial charge in [0.25, 0.3) is 0 Å². The minimum atomic E-state index is -0.181. The van der Waals surface area contributed by atoms with Gasteiger partial charge in [-0.05, 0) is 68.1 Å². The van der Waals surface area contributed by atoms with Crippen LogP contribution >= 0.6 is 0 Å². The van der Waals surface area contributed by atoms with Crippen molar-refractivity contribution in [1.29, 1.82) is 0 Å². The Kier molecular flexibility index (Phi) is 7.40. The number of urea groups is 1. The highest BCUT2D eigenvalue weighted by Crippen LogP contribution is 2.29. The van der Waals surface area contributed by atoms with Crippen molar-refractivity contribution in [1.82, 2.24) is 10.3 Å². The summed E-state index contributed by atoms with van der Waals surface area (Å²) in [6.45, 7) is 0. The van der Waals surface area contributed by atoms with Gasteiger partial charge in [0.05, 0.1) is 5.52 Å². The number of hydrogen-bond acceptors (Lipinski definition) is 5. The van der Waals surface area contributed by atoms with Crippen LogP contribution in [0.4, 0.5) is 22.0 Å². The maximum atomic E-state index is 12.6. The molecule has 0 bridgehead atoms. The number of fused-ring (bicyclic) bond motifs is 1. The molecule has 1 aliphatic carbocycles. The van der Waals surface area contributed by atoms with Gasteiger partial charge in [0.15, 0.2) is 0 Å². The number of rotatable bonds is 7. The predicted octanol–water partition coefficient (Wildman–Crippen LogP) is 6.64. The van der Waals surface area contributed by atoms with E-state index in [1.807, 2.05) is 66.7 Å². The smallest absolute Gasteiger partial charge is 0.319 e. The highest BCUT2D eigenvalue weighted by atomic mass is 16.5. The monoisotopic (exact) mass is 495 g/mol. The largest absolute Gasteiger partial charge is 0.457 e. The van der Waals surface area contributed by atoms with Gasteiger partial charge in [-0.2, -0.15) is 0 Å². The Morgan fingerprint density at radius 2 is 1.49 bits per heavy atom. The van der Waals surface area contributed by atoms with Crippen LogP contribution in [0.1, 0.15) is 25.7 Å². The van der Waals surface area contributed by atoms with Crippen LogP contribution in [0.2, 0.25) is 0 Å². The third-order valence-electron chi connectivity index (χ3n) is 6.68. The molecule has 0 spiro atoms. The molecule has 3 aromatic carbocycles. The Balaban J connectivity index is 1.10. The second-order valence-electron chi connectivity index (χ2n) is 9.67. The molecule has 1 fully saturated rings. The van der Waals surface area contributed by atoms with Crippen LogP contribution in [0.25, 0.3) is 10.9 Å². The SMILES string of the molecule is CN(C)c1cc(N[C@H]2CC[C@@H](NC(=O)Nc3ccc(Oc4ccccc4)cc3)CC2)nc2ccccc12. The van der Waals surface area contributed by atoms with Crippen molar-refractivity contribution >= 4 is 34.1 Å². The maximum absolute atomic E-state index is 12.6. The highest BCUT2D eigenvalue weighted by Gasteiger charge is 2.23. The standard InChI is InChI=1S/C30H33N5O2/c1-35(2)28-20-29(34-27-11-7-6-10-26(27)28)31-21-12-14-22(15-13-21)32-30(36)33-23-16-18-25(19-17-23)37-24-8-4-3-5-9-24/h3-11,16-22H,12-15H2,1-2H3,(H,31,34)(H2,32,33,36)/t21-,22+. The molecule has 0 aliphatic heterocycles. The van der Waals surface area contributed by atoms with E-state index in [1.54, 1.807) is 0 Å². The normalized spacial score (nSPS) is 17.1. The van der Waals surface area contributed by atoms with E-state index in [0.717, 1.165) is 65.3 Å².